The van der Waals surface area contributed by atoms with E-state index in [1.807, 2.05) is 27.7 Å². The monoisotopic (exact) mass is 610 g/mol. The van der Waals surface area contributed by atoms with Crippen LogP contribution in [0.5, 0.6) is 11.5 Å². The van der Waals surface area contributed by atoms with Crippen LogP contribution in [0.2, 0.25) is 0 Å². The predicted octanol–water partition coefficient (Wildman–Crippen LogP) is 8.06. The Kier molecular flexibility index (Phi) is 7.68. The lowest BCUT2D eigenvalue weighted by molar-refractivity contribution is 0.460. The van der Waals surface area contributed by atoms with E-state index in [0.717, 1.165) is 51.3 Å². The summed E-state index contributed by atoms with van der Waals surface area (Å²) in [5, 5.41) is 21.4. The third-order valence-electron chi connectivity index (χ3n) is 4.75. The molecule has 0 atom stereocenters. The molecule has 0 saturated carbocycles. The van der Waals surface area contributed by atoms with Crippen LogP contribution in [0.25, 0.3) is 11.1 Å². The van der Waals surface area contributed by atoms with E-state index < -0.39 is 0 Å². The van der Waals surface area contributed by atoms with Crippen molar-refractivity contribution in [1.29, 1.82) is 0 Å². The molecule has 2 nitrogen and oxygen atoms in total. The quantitative estimate of drug-likeness (QED) is 0.358. The van der Waals surface area contributed by atoms with Gasteiger partial charge >= 0.3 is 0 Å². The van der Waals surface area contributed by atoms with E-state index in [0.29, 0.717) is 37.2 Å². The van der Waals surface area contributed by atoms with Crippen molar-refractivity contribution < 1.29 is 10.2 Å². The zero-order valence-electron chi connectivity index (χ0n) is 15.2. The van der Waals surface area contributed by atoms with Gasteiger partial charge in [-0.1, -0.05) is 27.7 Å². The molecule has 0 radical (unpaired) electrons. The number of hydrogen-bond donors (Lipinski definition) is 2. The minimum Gasteiger partial charge on any atom is -0.507 e. The van der Waals surface area contributed by atoms with Crippen LogP contribution < -0.4 is 0 Å². The van der Waals surface area contributed by atoms with E-state index in [2.05, 4.69) is 63.7 Å². The Bertz CT molecular complexity index is 726. The summed E-state index contributed by atoms with van der Waals surface area (Å²) in [5.74, 6) is 0.685. The third kappa shape index (κ3) is 3.51. The van der Waals surface area contributed by atoms with Crippen LogP contribution in [-0.2, 0) is 25.7 Å². The molecular weight excluding hydrogens is 592 g/mol. The van der Waals surface area contributed by atoms with E-state index in [9.17, 15) is 10.2 Å². The molecule has 6 heteroatoms. The number of aromatic hydroxyl groups is 2. The van der Waals surface area contributed by atoms with Gasteiger partial charge in [0.05, 0.1) is 0 Å². The van der Waals surface area contributed by atoms with Crippen molar-refractivity contribution in [3.05, 3.63) is 40.1 Å². The molecule has 0 heterocycles. The van der Waals surface area contributed by atoms with Gasteiger partial charge in [-0.05, 0) is 89.4 Å². The molecular formula is C20H22Br4O2. The van der Waals surface area contributed by atoms with Gasteiger partial charge in [-0.3, -0.25) is 0 Å². The summed E-state index contributed by atoms with van der Waals surface area (Å²) in [6.07, 6.45) is 2.87. The van der Waals surface area contributed by atoms with E-state index in [-0.39, 0.29) is 0 Å². The SMILES string of the molecule is CCc1c(O)c(CC)c(Br)c(-c2c(Br)c(CC)c(O)c(CC)c2Br)c1Br. The average molecular weight is 614 g/mol. The number of phenolic OH excluding ortho intramolecular Hbond substituents is 2. The molecule has 0 unspecified atom stereocenters. The second-order valence-electron chi connectivity index (χ2n) is 6.03. The summed E-state index contributed by atoms with van der Waals surface area (Å²) in [4.78, 5) is 0. The zero-order valence-corrected chi connectivity index (χ0v) is 21.6. The number of rotatable bonds is 5. The van der Waals surface area contributed by atoms with Gasteiger partial charge in [0, 0.05) is 51.3 Å². The molecule has 0 amide bonds. The fourth-order valence-electron chi connectivity index (χ4n) is 3.31. The Morgan fingerprint density at radius 3 is 0.846 bits per heavy atom. The van der Waals surface area contributed by atoms with Gasteiger partial charge in [-0.25, -0.2) is 0 Å². The minimum atomic E-state index is 0.343. The fourth-order valence-corrected chi connectivity index (χ4v) is 7.30. The standard InChI is InChI=1S/C20H22Br4O2/c1-5-9-15(21)13(16(22)10(6-2)19(9)25)14-17(23)11(7-3)20(26)12(8-4)18(14)24/h25-26H,5-8H2,1-4H3. The van der Waals surface area contributed by atoms with Gasteiger partial charge in [-0.15, -0.1) is 0 Å². The number of benzene rings is 2. The van der Waals surface area contributed by atoms with Gasteiger partial charge in [0.25, 0.3) is 0 Å². The van der Waals surface area contributed by atoms with Gasteiger partial charge in [0.15, 0.2) is 0 Å². The molecule has 2 aromatic rings. The highest BCUT2D eigenvalue weighted by Gasteiger charge is 2.27. The Labute approximate surface area is 188 Å². The molecule has 0 saturated heterocycles. The second kappa shape index (κ2) is 8.97. The first-order valence-electron chi connectivity index (χ1n) is 8.70. The molecule has 0 spiro atoms. The maximum absolute atomic E-state index is 10.7. The van der Waals surface area contributed by atoms with Crippen molar-refractivity contribution in [2.24, 2.45) is 0 Å². The second-order valence-corrected chi connectivity index (χ2v) is 9.20. The molecule has 142 valence electrons. The van der Waals surface area contributed by atoms with Crippen LogP contribution >= 0.6 is 63.7 Å². The third-order valence-corrected chi connectivity index (χ3v) is 8.25. The topological polar surface area (TPSA) is 40.5 Å². The Hall–Kier alpha value is -0.0400. The highest BCUT2D eigenvalue weighted by molar-refractivity contribution is 9.11. The molecule has 26 heavy (non-hydrogen) atoms. The molecule has 0 aliphatic heterocycles. The van der Waals surface area contributed by atoms with Crippen LogP contribution in [-0.4, -0.2) is 10.2 Å². The first-order valence-corrected chi connectivity index (χ1v) is 11.9. The van der Waals surface area contributed by atoms with Gasteiger partial charge in [0.2, 0.25) is 0 Å². The molecule has 2 aromatic carbocycles. The summed E-state index contributed by atoms with van der Waals surface area (Å²) in [6, 6.07) is 0. The van der Waals surface area contributed by atoms with Crippen LogP contribution in [0.3, 0.4) is 0 Å². The highest BCUT2D eigenvalue weighted by atomic mass is 79.9. The summed E-state index contributed by atoms with van der Waals surface area (Å²) in [5.41, 5.74) is 5.54. The highest BCUT2D eigenvalue weighted by Crippen LogP contribution is 2.52. The van der Waals surface area contributed by atoms with Crippen LogP contribution in [0.4, 0.5) is 0 Å². The maximum atomic E-state index is 10.7. The van der Waals surface area contributed by atoms with Crippen molar-refractivity contribution >= 4 is 63.7 Å². The lowest BCUT2D eigenvalue weighted by atomic mass is 9.92. The Morgan fingerprint density at radius 2 is 0.692 bits per heavy atom. The number of halogens is 4. The van der Waals surface area contributed by atoms with Crippen molar-refractivity contribution in [2.45, 2.75) is 53.4 Å². The van der Waals surface area contributed by atoms with Crippen molar-refractivity contribution in [3.63, 3.8) is 0 Å². The van der Waals surface area contributed by atoms with Gasteiger partial charge in [-0.2, -0.15) is 0 Å². The largest absolute Gasteiger partial charge is 0.507 e. The first kappa shape index (κ1) is 22.3. The zero-order chi connectivity index (χ0) is 19.8. The fraction of sp³-hybridized carbons (Fsp3) is 0.400. The lowest BCUT2D eigenvalue weighted by Gasteiger charge is -2.23. The summed E-state index contributed by atoms with van der Waals surface area (Å²) in [6.45, 7) is 8.14. The first-order chi connectivity index (χ1) is 12.3. The molecule has 0 bridgehead atoms. The van der Waals surface area contributed by atoms with Crippen LogP contribution in [0, 0.1) is 0 Å². The Morgan fingerprint density at radius 1 is 0.500 bits per heavy atom. The van der Waals surface area contributed by atoms with E-state index >= 15 is 0 Å². The Balaban J connectivity index is 3.07. The summed E-state index contributed by atoms with van der Waals surface area (Å²) in [7, 11) is 0. The summed E-state index contributed by atoms with van der Waals surface area (Å²) >= 11 is 14.9. The molecule has 0 fully saturated rings. The molecule has 2 N–H and O–H groups in total. The van der Waals surface area contributed by atoms with E-state index in [1.54, 1.807) is 0 Å². The molecule has 0 aromatic heterocycles. The predicted molar refractivity (Wildman–Crippen MR) is 124 cm³/mol. The van der Waals surface area contributed by atoms with Gasteiger partial charge in [0.1, 0.15) is 11.5 Å². The maximum Gasteiger partial charge on any atom is 0.124 e. The molecule has 0 aliphatic carbocycles. The van der Waals surface area contributed by atoms with Crippen molar-refractivity contribution in [3.8, 4) is 22.6 Å². The minimum absolute atomic E-state index is 0.343. The summed E-state index contributed by atoms with van der Waals surface area (Å²) < 4.78 is 3.49. The molecule has 0 aliphatic rings. The number of phenols is 2. The molecule has 2 rings (SSSR count). The lowest BCUT2D eigenvalue weighted by Crippen LogP contribution is -2.01. The average Bonchev–Trinajstić information content (AvgIpc) is 2.59. The van der Waals surface area contributed by atoms with Crippen molar-refractivity contribution in [2.75, 3.05) is 0 Å². The smallest absolute Gasteiger partial charge is 0.124 e. The van der Waals surface area contributed by atoms with Crippen LogP contribution in [0.1, 0.15) is 49.9 Å². The van der Waals surface area contributed by atoms with Crippen LogP contribution in [0.15, 0.2) is 17.9 Å². The van der Waals surface area contributed by atoms with E-state index in [1.165, 1.54) is 0 Å². The van der Waals surface area contributed by atoms with Crippen molar-refractivity contribution in [1.82, 2.24) is 0 Å². The number of hydrogen-bond acceptors (Lipinski definition) is 2. The normalized spacial score (nSPS) is 11.2. The van der Waals surface area contributed by atoms with E-state index in [4.69, 9.17) is 0 Å². The van der Waals surface area contributed by atoms with Gasteiger partial charge < -0.3 is 10.2 Å².